The number of likely N-dealkylation sites (tertiary alicyclic amines) is 1. The van der Waals surface area contributed by atoms with Crippen LogP contribution in [0.5, 0.6) is 5.75 Å². The monoisotopic (exact) mass is 437 g/mol. The van der Waals surface area contributed by atoms with E-state index >= 15 is 0 Å². The maximum atomic E-state index is 13.0. The molecule has 0 spiro atoms. The first-order valence-electron chi connectivity index (χ1n) is 8.71. The Morgan fingerprint density at radius 2 is 2.00 bits per heavy atom. The molecule has 1 unspecified atom stereocenters. The topological polar surface area (TPSA) is 102 Å². The summed E-state index contributed by atoms with van der Waals surface area (Å²) in [5.74, 6) is -0.448. The molecule has 3 rings (SSSR count). The van der Waals surface area contributed by atoms with Gasteiger partial charge in [-0.3, -0.25) is 19.7 Å². The van der Waals surface area contributed by atoms with Gasteiger partial charge in [-0.2, -0.15) is 0 Å². The minimum Gasteiger partial charge on any atom is -0.496 e. The fourth-order valence-corrected chi connectivity index (χ4v) is 3.60. The fraction of sp³-hybridized carbons (Fsp3) is 0.263. The normalized spacial score (nSPS) is 15.8. The number of hydrogen-bond donors (Lipinski definition) is 1. The average molecular weight is 438 g/mol. The largest absolute Gasteiger partial charge is 0.496 e. The van der Waals surface area contributed by atoms with E-state index in [1.807, 2.05) is 0 Å². The summed E-state index contributed by atoms with van der Waals surface area (Å²) in [6, 6.07) is 7.96. The molecule has 10 heteroatoms. The van der Waals surface area contributed by atoms with Crippen LogP contribution in [0, 0.1) is 10.1 Å². The van der Waals surface area contributed by atoms with Crippen LogP contribution in [0.15, 0.2) is 36.4 Å². The molecule has 0 aromatic heterocycles. The van der Waals surface area contributed by atoms with Crippen molar-refractivity contribution in [2.75, 3.05) is 19.0 Å². The van der Waals surface area contributed by atoms with Crippen LogP contribution in [0.25, 0.3) is 0 Å². The summed E-state index contributed by atoms with van der Waals surface area (Å²) in [5.41, 5.74) is 0.181. The second kappa shape index (κ2) is 8.67. The van der Waals surface area contributed by atoms with Crippen molar-refractivity contribution in [3.05, 3.63) is 62.1 Å². The number of nitro benzene ring substituents is 1. The Balaban J connectivity index is 1.81. The number of carbonyl (C=O) groups is 2. The van der Waals surface area contributed by atoms with Crippen molar-refractivity contribution in [2.45, 2.75) is 18.9 Å². The third-order valence-corrected chi connectivity index (χ3v) is 5.17. The van der Waals surface area contributed by atoms with Gasteiger partial charge in [0.05, 0.1) is 17.6 Å². The van der Waals surface area contributed by atoms with E-state index in [9.17, 15) is 19.7 Å². The molecule has 1 heterocycles. The SMILES string of the molecule is COc1ccc(Cl)cc1C(=O)N1CCCC1C(=O)Nc1ccc(Cl)c([N+](=O)[O-])c1. The molecule has 1 aliphatic rings. The van der Waals surface area contributed by atoms with Crippen LogP contribution in [0.2, 0.25) is 10.0 Å². The van der Waals surface area contributed by atoms with Gasteiger partial charge in [0.2, 0.25) is 5.91 Å². The number of nitro groups is 1. The van der Waals surface area contributed by atoms with E-state index in [1.54, 1.807) is 12.1 Å². The maximum Gasteiger partial charge on any atom is 0.289 e. The Bertz CT molecular complexity index is 982. The number of nitrogens with zero attached hydrogens (tertiary/aromatic N) is 2. The van der Waals surface area contributed by atoms with Gasteiger partial charge in [0.25, 0.3) is 11.6 Å². The fourth-order valence-electron chi connectivity index (χ4n) is 3.24. The van der Waals surface area contributed by atoms with E-state index in [0.29, 0.717) is 30.2 Å². The zero-order valence-electron chi connectivity index (χ0n) is 15.4. The maximum absolute atomic E-state index is 13.0. The minimum absolute atomic E-state index is 0.0290. The molecular formula is C19H17Cl2N3O5. The molecule has 2 amide bonds. The van der Waals surface area contributed by atoms with Gasteiger partial charge in [-0.25, -0.2) is 0 Å². The molecule has 8 nitrogen and oxygen atoms in total. The van der Waals surface area contributed by atoms with E-state index in [1.165, 1.54) is 36.3 Å². The van der Waals surface area contributed by atoms with Crippen molar-refractivity contribution in [1.29, 1.82) is 0 Å². The highest BCUT2D eigenvalue weighted by molar-refractivity contribution is 6.32. The Morgan fingerprint density at radius 3 is 2.69 bits per heavy atom. The summed E-state index contributed by atoms with van der Waals surface area (Å²) in [7, 11) is 1.45. The third-order valence-electron chi connectivity index (χ3n) is 4.62. The molecule has 0 bridgehead atoms. The van der Waals surface area contributed by atoms with Gasteiger partial charge < -0.3 is 15.0 Å². The number of rotatable bonds is 5. The van der Waals surface area contributed by atoms with Crippen molar-refractivity contribution in [3.8, 4) is 5.75 Å². The lowest BCUT2D eigenvalue weighted by molar-refractivity contribution is -0.384. The van der Waals surface area contributed by atoms with Crippen LogP contribution >= 0.6 is 23.2 Å². The van der Waals surface area contributed by atoms with Crippen LogP contribution in [0.3, 0.4) is 0 Å². The van der Waals surface area contributed by atoms with Gasteiger partial charge in [0, 0.05) is 23.3 Å². The number of carbonyl (C=O) groups excluding carboxylic acids is 2. The van der Waals surface area contributed by atoms with Crippen LogP contribution in [-0.2, 0) is 4.79 Å². The zero-order chi connectivity index (χ0) is 21.1. The molecule has 0 radical (unpaired) electrons. The molecule has 1 saturated heterocycles. The molecular weight excluding hydrogens is 421 g/mol. The lowest BCUT2D eigenvalue weighted by Crippen LogP contribution is -2.43. The van der Waals surface area contributed by atoms with Gasteiger partial charge in [0.1, 0.15) is 16.8 Å². The summed E-state index contributed by atoms with van der Waals surface area (Å²) < 4.78 is 5.24. The third kappa shape index (κ3) is 4.44. The molecule has 2 aromatic carbocycles. The number of hydrogen-bond acceptors (Lipinski definition) is 5. The van der Waals surface area contributed by atoms with Gasteiger partial charge in [-0.15, -0.1) is 0 Å². The predicted octanol–water partition coefficient (Wildman–Crippen LogP) is 4.15. The van der Waals surface area contributed by atoms with Crippen molar-refractivity contribution in [3.63, 3.8) is 0 Å². The summed E-state index contributed by atoms with van der Waals surface area (Å²) in [4.78, 5) is 37.7. The molecule has 1 fully saturated rings. The first-order chi connectivity index (χ1) is 13.8. The van der Waals surface area contributed by atoms with Gasteiger partial charge in [0.15, 0.2) is 0 Å². The molecule has 1 N–H and O–H groups in total. The van der Waals surface area contributed by atoms with Gasteiger partial charge in [-0.1, -0.05) is 23.2 Å². The number of ether oxygens (including phenoxy) is 1. The summed E-state index contributed by atoms with van der Waals surface area (Å²) in [6.07, 6.45) is 1.11. The van der Waals surface area contributed by atoms with Crippen LogP contribution in [0.1, 0.15) is 23.2 Å². The molecule has 0 aliphatic carbocycles. The Kier molecular flexibility index (Phi) is 6.24. The van der Waals surface area contributed by atoms with Crippen molar-refractivity contribution >= 4 is 46.4 Å². The standard InChI is InChI=1S/C19H17Cl2N3O5/c1-29-17-7-4-11(20)9-13(17)19(26)23-8-2-3-15(23)18(25)22-12-5-6-14(21)16(10-12)24(27)28/h4-7,9-10,15H,2-3,8H2,1H3,(H,22,25). The second-order valence-electron chi connectivity index (χ2n) is 6.41. The van der Waals surface area contributed by atoms with E-state index in [-0.39, 0.29) is 27.9 Å². The van der Waals surface area contributed by atoms with Crippen LogP contribution < -0.4 is 10.1 Å². The molecule has 1 atom stereocenters. The van der Waals surface area contributed by atoms with Crippen LogP contribution in [-0.4, -0.2) is 41.3 Å². The summed E-state index contributed by atoms with van der Waals surface area (Å²) >= 11 is 11.8. The number of anilines is 1. The van der Waals surface area contributed by atoms with E-state index < -0.39 is 16.9 Å². The zero-order valence-corrected chi connectivity index (χ0v) is 16.9. The quantitative estimate of drug-likeness (QED) is 0.558. The van der Waals surface area contributed by atoms with Crippen LogP contribution in [0.4, 0.5) is 11.4 Å². The smallest absolute Gasteiger partial charge is 0.289 e. The second-order valence-corrected chi connectivity index (χ2v) is 7.26. The Labute approximate surface area is 176 Å². The summed E-state index contributed by atoms with van der Waals surface area (Å²) in [5, 5.41) is 14.0. The number of nitrogens with one attached hydrogen (secondary N) is 1. The molecule has 29 heavy (non-hydrogen) atoms. The number of halogens is 2. The van der Waals surface area contributed by atoms with E-state index in [4.69, 9.17) is 27.9 Å². The molecule has 2 aromatic rings. The lowest BCUT2D eigenvalue weighted by atomic mass is 10.1. The summed E-state index contributed by atoms with van der Waals surface area (Å²) in [6.45, 7) is 0.396. The average Bonchev–Trinajstić information content (AvgIpc) is 3.18. The highest BCUT2D eigenvalue weighted by atomic mass is 35.5. The van der Waals surface area contributed by atoms with Crippen molar-refractivity contribution < 1.29 is 19.2 Å². The van der Waals surface area contributed by atoms with Gasteiger partial charge in [-0.05, 0) is 43.2 Å². The first kappa shape index (κ1) is 20.9. The minimum atomic E-state index is -0.721. The highest BCUT2D eigenvalue weighted by Gasteiger charge is 2.35. The van der Waals surface area contributed by atoms with Crippen molar-refractivity contribution in [2.24, 2.45) is 0 Å². The first-order valence-corrected chi connectivity index (χ1v) is 9.46. The van der Waals surface area contributed by atoms with E-state index in [0.717, 1.165) is 0 Å². The number of benzene rings is 2. The van der Waals surface area contributed by atoms with E-state index in [2.05, 4.69) is 5.32 Å². The predicted molar refractivity (Wildman–Crippen MR) is 109 cm³/mol. The molecule has 1 aliphatic heterocycles. The van der Waals surface area contributed by atoms with Gasteiger partial charge >= 0.3 is 0 Å². The highest BCUT2D eigenvalue weighted by Crippen LogP contribution is 2.30. The Hall–Kier alpha value is -2.84. The molecule has 152 valence electrons. The number of amides is 2. The molecule has 0 saturated carbocycles. The number of methoxy groups -OCH3 is 1. The Morgan fingerprint density at radius 1 is 1.24 bits per heavy atom. The van der Waals surface area contributed by atoms with Crippen molar-refractivity contribution in [1.82, 2.24) is 4.90 Å². The lowest BCUT2D eigenvalue weighted by Gasteiger charge is -2.25.